The van der Waals surface area contributed by atoms with Crippen LogP contribution in [0.1, 0.15) is 0 Å². The van der Waals surface area contributed by atoms with Crippen molar-refractivity contribution < 1.29 is 13.5 Å². The Morgan fingerprint density at radius 2 is 2.06 bits per heavy atom. The first kappa shape index (κ1) is 11.3. The second-order valence-corrected chi connectivity index (χ2v) is 3.42. The Kier molecular flexibility index (Phi) is 2.91. The Labute approximate surface area is 96.9 Å². The Hall–Kier alpha value is -2.17. The number of anilines is 1. The summed E-state index contributed by atoms with van der Waals surface area (Å²) >= 11 is 0. The molecule has 0 atom stereocenters. The number of methoxy groups -OCH3 is 1. The Bertz CT molecular complexity index is 558. The van der Waals surface area contributed by atoms with Crippen molar-refractivity contribution in [2.45, 2.75) is 0 Å². The first-order valence-electron chi connectivity index (χ1n) is 4.87. The Balaban J connectivity index is 2.54. The lowest BCUT2D eigenvalue weighted by molar-refractivity contribution is 0.400. The number of halogens is 2. The molecule has 0 fully saturated rings. The summed E-state index contributed by atoms with van der Waals surface area (Å²) in [4.78, 5) is 3.91. The molecule has 3 nitrogen and oxygen atoms in total. The number of nitrogens with two attached hydrogens (primary N) is 1. The van der Waals surface area contributed by atoms with Crippen LogP contribution in [0.25, 0.3) is 11.1 Å². The number of aromatic nitrogens is 1. The summed E-state index contributed by atoms with van der Waals surface area (Å²) in [6.07, 6.45) is 1.38. The van der Waals surface area contributed by atoms with Crippen LogP contribution in [0.4, 0.5) is 14.5 Å². The smallest absolute Gasteiger partial charge is 0.236 e. The first-order chi connectivity index (χ1) is 8.13. The summed E-state index contributed by atoms with van der Waals surface area (Å²) in [6, 6.07) is 5.43. The second-order valence-electron chi connectivity index (χ2n) is 3.42. The van der Waals surface area contributed by atoms with Crippen LogP contribution < -0.4 is 10.5 Å². The van der Waals surface area contributed by atoms with Gasteiger partial charge in [-0.05, 0) is 12.1 Å². The van der Waals surface area contributed by atoms with Gasteiger partial charge in [0.05, 0.1) is 12.8 Å². The van der Waals surface area contributed by atoms with E-state index in [2.05, 4.69) is 4.98 Å². The molecular weight excluding hydrogens is 226 g/mol. The molecule has 0 spiro atoms. The van der Waals surface area contributed by atoms with E-state index in [-0.39, 0.29) is 17.1 Å². The molecule has 1 aromatic carbocycles. The number of hydrogen-bond acceptors (Lipinski definition) is 3. The number of benzene rings is 1. The van der Waals surface area contributed by atoms with Gasteiger partial charge in [0.2, 0.25) is 5.88 Å². The lowest BCUT2D eigenvalue weighted by Gasteiger charge is -2.07. The minimum absolute atomic E-state index is 0.117. The van der Waals surface area contributed by atoms with Gasteiger partial charge in [0.1, 0.15) is 0 Å². The van der Waals surface area contributed by atoms with Crippen LogP contribution in [-0.4, -0.2) is 12.1 Å². The van der Waals surface area contributed by atoms with Crippen molar-refractivity contribution in [2.24, 2.45) is 0 Å². The Morgan fingerprint density at radius 1 is 1.29 bits per heavy atom. The zero-order chi connectivity index (χ0) is 12.4. The molecule has 0 bridgehead atoms. The van der Waals surface area contributed by atoms with E-state index in [0.717, 1.165) is 6.07 Å². The van der Waals surface area contributed by atoms with Gasteiger partial charge in [0.25, 0.3) is 0 Å². The van der Waals surface area contributed by atoms with Crippen LogP contribution in [0.3, 0.4) is 0 Å². The van der Waals surface area contributed by atoms with E-state index in [1.54, 1.807) is 0 Å². The quantitative estimate of drug-likeness (QED) is 0.871. The number of nitrogens with zero attached hydrogens (tertiary/aromatic N) is 1. The SMILES string of the molecule is COc1ncc(-c2cccc(F)c2F)cc1N. The van der Waals surface area contributed by atoms with Gasteiger partial charge in [-0.2, -0.15) is 0 Å². The van der Waals surface area contributed by atoms with Crippen molar-refractivity contribution >= 4 is 5.69 Å². The summed E-state index contributed by atoms with van der Waals surface area (Å²) in [7, 11) is 1.43. The van der Waals surface area contributed by atoms with Crippen LogP contribution in [-0.2, 0) is 0 Å². The monoisotopic (exact) mass is 236 g/mol. The molecule has 0 radical (unpaired) electrons. The minimum Gasteiger partial charge on any atom is -0.480 e. The average molecular weight is 236 g/mol. The first-order valence-corrected chi connectivity index (χ1v) is 4.87. The number of pyridine rings is 1. The summed E-state index contributed by atoms with van der Waals surface area (Å²) in [6.45, 7) is 0. The van der Waals surface area contributed by atoms with E-state index in [4.69, 9.17) is 10.5 Å². The number of ether oxygens (including phenoxy) is 1. The third-order valence-corrected chi connectivity index (χ3v) is 2.33. The maximum Gasteiger partial charge on any atom is 0.236 e. The fraction of sp³-hybridized carbons (Fsp3) is 0.0833. The molecule has 0 aliphatic heterocycles. The summed E-state index contributed by atoms with van der Waals surface area (Å²) in [5, 5.41) is 0. The van der Waals surface area contributed by atoms with Crippen molar-refractivity contribution in [2.75, 3.05) is 12.8 Å². The van der Waals surface area contributed by atoms with Crippen LogP contribution in [0.2, 0.25) is 0 Å². The minimum atomic E-state index is -0.918. The van der Waals surface area contributed by atoms with Crippen molar-refractivity contribution in [3.63, 3.8) is 0 Å². The highest BCUT2D eigenvalue weighted by Gasteiger charge is 2.11. The van der Waals surface area contributed by atoms with Gasteiger partial charge in [0, 0.05) is 17.3 Å². The van der Waals surface area contributed by atoms with Gasteiger partial charge in [-0.3, -0.25) is 0 Å². The van der Waals surface area contributed by atoms with E-state index >= 15 is 0 Å². The summed E-state index contributed by atoms with van der Waals surface area (Å²) in [5.74, 6) is -1.57. The molecule has 2 aromatic rings. The van der Waals surface area contributed by atoms with Gasteiger partial charge < -0.3 is 10.5 Å². The second kappa shape index (κ2) is 4.37. The van der Waals surface area contributed by atoms with Crippen molar-refractivity contribution in [1.29, 1.82) is 0 Å². The number of rotatable bonds is 2. The molecule has 0 unspecified atom stereocenters. The third kappa shape index (κ3) is 2.04. The normalized spacial score (nSPS) is 10.3. The lowest BCUT2D eigenvalue weighted by Crippen LogP contribution is -1.97. The molecule has 0 aliphatic rings. The Morgan fingerprint density at radius 3 is 2.71 bits per heavy atom. The molecule has 1 aromatic heterocycles. The largest absolute Gasteiger partial charge is 0.480 e. The molecule has 5 heteroatoms. The molecule has 17 heavy (non-hydrogen) atoms. The summed E-state index contributed by atoms with van der Waals surface area (Å²) < 4.78 is 31.5. The molecule has 0 aliphatic carbocycles. The third-order valence-electron chi connectivity index (χ3n) is 2.33. The topological polar surface area (TPSA) is 48.1 Å². The predicted octanol–water partition coefficient (Wildman–Crippen LogP) is 2.62. The molecule has 1 heterocycles. The molecule has 0 saturated heterocycles. The van der Waals surface area contributed by atoms with E-state index in [1.807, 2.05) is 0 Å². The number of nitrogen functional groups attached to an aromatic ring is 1. The molecule has 0 saturated carbocycles. The van der Waals surface area contributed by atoms with E-state index < -0.39 is 11.6 Å². The predicted molar refractivity (Wildman–Crippen MR) is 60.6 cm³/mol. The zero-order valence-corrected chi connectivity index (χ0v) is 9.08. The average Bonchev–Trinajstić information content (AvgIpc) is 2.32. The summed E-state index contributed by atoms with van der Waals surface area (Å²) in [5.41, 5.74) is 6.45. The van der Waals surface area contributed by atoms with E-state index in [1.165, 1.54) is 31.5 Å². The van der Waals surface area contributed by atoms with Crippen molar-refractivity contribution in [1.82, 2.24) is 4.98 Å². The van der Waals surface area contributed by atoms with Crippen LogP contribution in [0.5, 0.6) is 5.88 Å². The lowest BCUT2D eigenvalue weighted by atomic mass is 10.1. The van der Waals surface area contributed by atoms with E-state index in [0.29, 0.717) is 5.56 Å². The van der Waals surface area contributed by atoms with Gasteiger partial charge in [-0.25, -0.2) is 13.8 Å². The highest BCUT2D eigenvalue weighted by atomic mass is 19.2. The van der Waals surface area contributed by atoms with Crippen LogP contribution in [0, 0.1) is 11.6 Å². The fourth-order valence-corrected chi connectivity index (χ4v) is 1.51. The highest BCUT2D eigenvalue weighted by molar-refractivity contribution is 5.68. The van der Waals surface area contributed by atoms with Gasteiger partial charge in [-0.1, -0.05) is 12.1 Å². The molecule has 2 N–H and O–H groups in total. The van der Waals surface area contributed by atoms with Gasteiger partial charge in [-0.15, -0.1) is 0 Å². The maximum atomic E-state index is 13.5. The van der Waals surface area contributed by atoms with Crippen LogP contribution >= 0.6 is 0 Å². The molecule has 88 valence electrons. The molecule has 0 amide bonds. The molecule has 2 rings (SSSR count). The maximum absolute atomic E-state index is 13.5. The fourth-order valence-electron chi connectivity index (χ4n) is 1.51. The zero-order valence-electron chi connectivity index (χ0n) is 9.08. The van der Waals surface area contributed by atoms with Gasteiger partial charge >= 0.3 is 0 Å². The van der Waals surface area contributed by atoms with Gasteiger partial charge in [0.15, 0.2) is 11.6 Å². The standard InChI is InChI=1S/C12H10F2N2O/c1-17-12-10(15)5-7(6-16-12)8-3-2-4-9(13)11(8)14/h2-6H,15H2,1H3. The van der Waals surface area contributed by atoms with E-state index in [9.17, 15) is 8.78 Å². The molecular formula is C12H10F2N2O. The highest BCUT2D eigenvalue weighted by Crippen LogP contribution is 2.28. The van der Waals surface area contributed by atoms with Crippen molar-refractivity contribution in [3.05, 3.63) is 42.1 Å². The van der Waals surface area contributed by atoms with Crippen molar-refractivity contribution in [3.8, 4) is 17.0 Å². The van der Waals surface area contributed by atoms with Crippen LogP contribution in [0.15, 0.2) is 30.5 Å². The number of hydrogen-bond donors (Lipinski definition) is 1.